The standard InChI is InChI=1S/C12H20N4S/c1-8-5-6-10(11(13)14)12(15-8)16(3)9(2)7-17-4/h5-6,9H,7H2,1-4H3,(H3,13,14). The van der Waals surface area contributed by atoms with Gasteiger partial charge in [-0.15, -0.1) is 0 Å². The second-order valence-electron chi connectivity index (χ2n) is 4.15. The van der Waals surface area contributed by atoms with Gasteiger partial charge in [0.25, 0.3) is 0 Å². The summed E-state index contributed by atoms with van der Waals surface area (Å²) in [7, 11) is 2.00. The topological polar surface area (TPSA) is 66.0 Å². The number of amidine groups is 1. The van der Waals surface area contributed by atoms with E-state index in [0.717, 1.165) is 17.3 Å². The van der Waals surface area contributed by atoms with E-state index in [9.17, 15) is 0 Å². The molecule has 1 unspecified atom stereocenters. The quantitative estimate of drug-likeness (QED) is 0.620. The molecule has 0 aliphatic carbocycles. The predicted molar refractivity (Wildman–Crippen MR) is 76.2 cm³/mol. The van der Waals surface area contributed by atoms with E-state index in [1.807, 2.05) is 26.1 Å². The van der Waals surface area contributed by atoms with E-state index < -0.39 is 0 Å². The van der Waals surface area contributed by atoms with Crippen molar-refractivity contribution in [3.05, 3.63) is 23.4 Å². The Balaban J connectivity index is 3.10. The molecule has 0 saturated carbocycles. The van der Waals surface area contributed by atoms with Gasteiger partial charge < -0.3 is 10.6 Å². The molecule has 0 aliphatic rings. The Kier molecular flexibility index (Phi) is 4.81. The van der Waals surface area contributed by atoms with Crippen molar-refractivity contribution in [2.45, 2.75) is 19.9 Å². The first-order chi connectivity index (χ1) is 7.97. The molecule has 0 saturated heterocycles. The van der Waals surface area contributed by atoms with Gasteiger partial charge in [0.1, 0.15) is 11.7 Å². The lowest BCUT2D eigenvalue weighted by Crippen LogP contribution is -2.33. The number of nitrogens with zero attached hydrogens (tertiary/aromatic N) is 2. The van der Waals surface area contributed by atoms with E-state index in [1.54, 1.807) is 11.8 Å². The molecule has 3 N–H and O–H groups in total. The summed E-state index contributed by atoms with van der Waals surface area (Å²) in [5.41, 5.74) is 7.23. The highest BCUT2D eigenvalue weighted by atomic mass is 32.2. The maximum atomic E-state index is 7.59. The highest BCUT2D eigenvalue weighted by Crippen LogP contribution is 2.20. The lowest BCUT2D eigenvalue weighted by molar-refractivity contribution is 0.751. The van der Waals surface area contributed by atoms with Crippen LogP contribution in [0.5, 0.6) is 0 Å². The smallest absolute Gasteiger partial charge is 0.139 e. The SMILES string of the molecule is CSCC(C)N(C)c1nc(C)ccc1C(=N)N. The van der Waals surface area contributed by atoms with Gasteiger partial charge in [0.15, 0.2) is 0 Å². The van der Waals surface area contributed by atoms with Gasteiger partial charge in [0.05, 0.1) is 5.56 Å². The van der Waals surface area contributed by atoms with Crippen molar-refractivity contribution < 1.29 is 0 Å². The number of pyridine rings is 1. The number of nitrogen functional groups attached to an aromatic ring is 1. The Labute approximate surface area is 107 Å². The fraction of sp³-hybridized carbons (Fsp3) is 0.500. The Hall–Kier alpha value is -1.23. The number of hydrogen-bond donors (Lipinski definition) is 2. The number of hydrogen-bond acceptors (Lipinski definition) is 4. The number of aryl methyl sites for hydroxylation is 1. The summed E-state index contributed by atoms with van der Waals surface area (Å²) >= 11 is 1.80. The summed E-state index contributed by atoms with van der Waals surface area (Å²) < 4.78 is 0. The van der Waals surface area contributed by atoms with E-state index >= 15 is 0 Å². The molecule has 17 heavy (non-hydrogen) atoms. The molecular formula is C12H20N4S. The van der Waals surface area contributed by atoms with Gasteiger partial charge in [-0.05, 0) is 32.2 Å². The van der Waals surface area contributed by atoms with Gasteiger partial charge in [-0.2, -0.15) is 11.8 Å². The summed E-state index contributed by atoms with van der Waals surface area (Å²) in [5.74, 6) is 1.87. The van der Waals surface area contributed by atoms with E-state index in [2.05, 4.69) is 23.1 Å². The van der Waals surface area contributed by atoms with Crippen LogP contribution in [0.4, 0.5) is 5.82 Å². The summed E-state index contributed by atoms with van der Waals surface area (Å²) in [6.07, 6.45) is 2.08. The molecule has 1 atom stereocenters. The average Bonchev–Trinajstić information content (AvgIpc) is 2.27. The molecule has 94 valence electrons. The van der Waals surface area contributed by atoms with E-state index in [0.29, 0.717) is 11.6 Å². The first kappa shape index (κ1) is 13.8. The van der Waals surface area contributed by atoms with Crippen LogP contribution in [0.2, 0.25) is 0 Å². The molecule has 0 aromatic carbocycles. The summed E-state index contributed by atoms with van der Waals surface area (Å²) in [6.45, 7) is 4.09. The van der Waals surface area contributed by atoms with Gasteiger partial charge >= 0.3 is 0 Å². The second-order valence-corrected chi connectivity index (χ2v) is 5.06. The van der Waals surface area contributed by atoms with Crippen molar-refractivity contribution in [3.8, 4) is 0 Å². The number of aromatic nitrogens is 1. The number of thioether (sulfide) groups is 1. The third-order valence-electron chi connectivity index (χ3n) is 2.71. The molecule has 1 heterocycles. The molecule has 0 spiro atoms. The van der Waals surface area contributed by atoms with Gasteiger partial charge in [0, 0.05) is 24.5 Å². The lowest BCUT2D eigenvalue weighted by Gasteiger charge is -2.27. The molecule has 0 radical (unpaired) electrons. The van der Waals surface area contributed by atoms with Crippen molar-refractivity contribution in [1.82, 2.24) is 4.98 Å². The van der Waals surface area contributed by atoms with Crippen LogP contribution in [0.15, 0.2) is 12.1 Å². The van der Waals surface area contributed by atoms with Gasteiger partial charge in [-0.3, -0.25) is 5.41 Å². The van der Waals surface area contributed by atoms with Crippen LogP contribution in [-0.2, 0) is 0 Å². The number of anilines is 1. The normalized spacial score (nSPS) is 12.2. The second kappa shape index (κ2) is 5.91. The van der Waals surface area contributed by atoms with Crippen molar-refractivity contribution in [1.29, 1.82) is 5.41 Å². The van der Waals surface area contributed by atoms with E-state index in [1.165, 1.54) is 0 Å². The third-order valence-corrected chi connectivity index (χ3v) is 3.52. The molecule has 0 fully saturated rings. The Morgan fingerprint density at radius 2 is 2.24 bits per heavy atom. The maximum absolute atomic E-state index is 7.59. The lowest BCUT2D eigenvalue weighted by atomic mass is 10.2. The molecular weight excluding hydrogens is 232 g/mol. The molecule has 0 amide bonds. The van der Waals surface area contributed by atoms with Crippen molar-refractivity contribution in [3.63, 3.8) is 0 Å². The van der Waals surface area contributed by atoms with Crippen molar-refractivity contribution in [2.24, 2.45) is 5.73 Å². The third kappa shape index (κ3) is 3.36. The monoisotopic (exact) mass is 252 g/mol. The van der Waals surface area contributed by atoms with Crippen LogP contribution in [0.25, 0.3) is 0 Å². The molecule has 5 heteroatoms. The molecule has 1 aromatic rings. The van der Waals surface area contributed by atoms with Crippen molar-refractivity contribution >= 4 is 23.4 Å². The van der Waals surface area contributed by atoms with Crippen molar-refractivity contribution in [2.75, 3.05) is 24.0 Å². The highest BCUT2D eigenvalue weighted by molar-refractivity contribution is 7.98. The number of nitrogens with one attached hydrogen (secondary N) is 1. The fourth-order valence-corrected chi connectivity index (χ4v) is 2.29. The Bertz CT molecular complexity index is 405. The average molecular weight is 252 g/mol. The Morgan fingerprint density at radius 3 is 2.76 bits per heavy atom. The van der Waals surface area contributed by atoms with Gasteiger partial charge in [0.2, 0.25) is 0 Å². The number of nitrogens with two attached hydrogens (primary N) is 1. The highest BCUT2D eigenvalue weighted by Gasteiger charge is 2.16. The molecule has 4 nitrogen and oxygen atoms in total. The zero-order chi connectivity index (χ0) is 13.0. The minimum atomic E-state index is 0.0655. The van der Waals surface area contributed by atoms with Crippen LogP contribution in [-0.4, -0.2) is 35.9 Å². The van der Waals surface area contributed by atoms with E-state index in [4.69, 9.17) is 11.1 Å². The molecule has 0 aliphatic heterocycles. The summed E-state index contributed by atoms with van der Waals surface area (Å²) in [4.78, 5) is 6.58. The van der Waals surface area contributed by atoms with Gasteiger partial charge in [-0.1, -0.05) is 0 Å². The first-order valence-electron chi connectivity index (χ1n) is 5.51. The number of rotatable bonds is 5. The van der Waals surface area contributed by atoms with Crippen LogP contribution < -0.4 is 10.6 Å². The molecule has 1 aromatic heterocycles. The minimum Gasteiger partial charge on any atom is -0.384 e. The van der Waals surface area contributed by atoms with Gasteiger partial charge in [-0.25, -0.2) is 4.98 Å². The molecule has 0 bridgehead atoms. The molecule has 1 rings (SSSR count). The Morgan fingerprint density at radius 1 is 1.59 bits per heavy atom. The van der Waals surface area contributed by atoms with Crippen LogP contribution in [0.1, 0.15) is 18.2 Å². The summed E-state index contributed by atoms with van der Waals surface area (Å²) in [5, 5.41) is 7.59. The predicted octanol–water partition coefficient (Wildman–Crippen LogP) is 1.86. The van der Waals surface area contributed by atoms with Crippen LogP contribution in [0, 0.1) is 12.3 Å². The first-order valence-corrected chi connectivity index (χ1v) is 6.90. The zero-order valence-corrected chi connectivity index (χ0v) is 11.6. The zero-order valence-electron chi connectivity index (χ0n) is 10.8. The van der Waals surface area contributed by atoms with Crippen LogP contribution in [0.3, 0.4) is 0 Å². The summed E-state index contributed by atoms with van der Waals surface area (Å²) in [6, 6.07) is 4.10. The fourth-order valence-electron chi connectivity index (χ4n) is 1.58. The minimum absolute atomic E-state index is 0.0655. The van der Waals surface area contributed by atoms with Crippen LogP contribution >= 0.6 is 11.8 Å². The largest absolute Gasteiger partial charge is 0.384 e. The maximum Gasteiger partial charge on any atom is 0.139 e. The van der Waals surface area contributed by atoms with E-state index in [-0.39, 0.29) is 5.84 Å².